The molecule has 0 heterocycles. The summed E-state index contributed by atoms with van der Waals surface area (Å²) in [4.78, 5) is 61.5. The number of aliphatic hydroxyl groups is 2. The van der Waals surface area contributed by atoms with E-state index in [1.807, 2.05) is 31.2 Å². The van der Waals surface area contributed by atoms with Gasteiger partial charge in [0, 0.05) is 66.0 Å². The van der Waals surface area contributed by atoms with Crippen LogP contribution in [-0.2, 0) is 43.7 Å². The fourth-order valence-electron chi connectivity index (χ4n) is 4.24. The molecule has 12 N–H and O–H groups in total. The minimum atomic E-state index is -1.19. The first-order valence-electron chi connectivity index (χ1n) is 23.2. The maximum atomic E-state index is 10.6. The van der Waals surface area contributed by atoms with E-state index >= 15 is 0 Å². The first-order valence-corrected chi connectivity index (χ1v) is 24.3. The number of hydrogen-bond acceptors (Lipinski definition) is 18. The number of alkyl halides is 1. The number of aliphatic hydroxyl groups excluding tert-OH is 2. The summed E-state index contributed by atoms with van der Waals surface area (Å²) in [7, 11) is 1.00. The third-order valence-corrected chi connectivity index (χ3v) is 8.63. The predicted molar refractivity (Wildman–Crippen MR) is 290 cm³/mol. The Morgan fingerprint density at radius 2 is 0.836 bits per heavy atom. The van der Waals surface area contributed by atoms with Crippen LogP contribution in [0.3, 0.4) is 0 Å². The van der Waals surface area contributed by atoms with Crippen molar-refractivity contribution in [3.8, 4) is 0 Å². The molecule has 0 aliphatic rings. The second-order valence-corrected chi connectivity index (χ2v) is 15.6. The summed E-state index contributed by atoms with van der Waals surface area (Å²) in [5.41, 5.74) is 16.0. The van der Waals surface area contributed by atoms with Crippen LogP contribution >= 0.6 is 15.9 Å². The number of aliphatic carboxylic acids is 1. The molecule has 3 aromatic rings. The molecule has 0 saturated carbocycles. The number of hydrogen-bond donors (Lipinski definition) is 10. The molecule has 0 radical (unpaired) electrons. The number of aromatic carboxylic acids is 1. The van der Waals surface area contributed by atoms with Crippen molar-refractivity contribution in [1.29, 1.82) is 0 Å². The normalized spacial score (nSPS) is 9.01. The van der Waals surface area contributed by atoms with Crippen LogP contribution in [-0.4, -0.2) is 136 Å². The van der Waals surface area contributed by atoms with E-state index in [4.69, 9.17) is 21.7 Å². The van der Waals surface area contributed by atoms with Crippen molar-refractivity contribution < 1.29 is 153 Å². The Kier molecular flexibility index (Phi) is 83.0. The molecule has 0 aliphatic carbocycles. The van der Waals surface area contributed by atoms with E-state index in [0.717, 1.165) is 70.3 Å². The fraction of sp³-hybridized carbons (Fsp3) is 0.538. The standard InChI is InChI=1S/C13H20N2O.C12H16N2O4.C8H10O.C6H13NO.C5H12N2O.C3H5BrO.C3H9N.CH4O.CH4.2K.H/c1-11-3-5-13(6-4-11)10-15-8-7-14-9-12(2)16;15-11(16)8-14-6-5-13-7-9-1-3-10(4-2-9)12(17)18;1-7-2-4-8(6-9)5-3-7;1-3-4-7-5-6(2)8;1-5(8)4-7-3-2-6;1-3(5)2-4;1-2-3-4;1-2;;;;/h3-6,14-15H,7-10H2,1-2H3;1-4,13-14H,5-8H2,(H,15,16)(H,17,18);2-5,9H,6H2,1H3;7H,3-5H2,1-2H3;7H,2-4,6H2,1H3;2H2,1H3;2-4H2,1H3;2H,1H3;1H4;;;/q;;;;;;;;;2*+1;-1/p-2. The first kappa shape index (κ1) is 88.3. The third-order valence-electron chi connectivity index (χ3n) is 7.84. The first-order chi connectivity index (χ1) is 33.3. The molecule has 0 bridgehead atoms. The Labute approximate surface area is 533 Å². The van der Waals surface area contributed by atoms with E-state index in [0.29, 0.717) is 51.1 Å². The van der Waals surface area contributed by atoms with Crippen molar-refractivity contribution in [2.24, 2.45) is 11.5 Å². The van der Waals surface area contributed by atoms with Crippen LogP contribution in [0.25, 0.3) is 0 Å². The summed E-state index contributed by atoms with van der Waals surface area (Å²) in [5, 5.41) is 54.7. The molecule has 0 spiro atoms. The van der Waals surface area contributed by atoms with Gasteiger partial charge in [0.15, 0.2) is 0 Å². The molecule has 21 heteroatoms. The summed E-state index contributed by atoms with van der Waals surface area (Å²) >= 11 is 2.96. The predicted octanol–water partition coefficient (Wildman–Crippen LogP) is -4.38. The number of rotatable bonds is 26. The van der Waals surface area contributed by atoms with Crippen molar-refractivity contribution in [3.05, 3.63) is 106 Å². The molecule has 0 fully saturated rings. The van der Waals surface area contributed by atoms with E-state index in [9.17, 15) is 39.0 Å². The molecule has 3 aromatic carbocycles. The van der Waals surface area contributed by atoms with Gasteiger partial charge < -0.3 is 74.8 Å². The van der Waals surface area contributed by atoms with Gasteiger partial charge in [-0.05, 0) is 89.7 Å². The number of nitrogens with one attached hydrogen (secondary N) is 6. The number of ketones is 4. The van der Waals surface area contributed by atoms with Gasteiger partial charge in [0.05, 0.1) is 43.5 Å². The Morgan fingerprint density at radius 1 is 0.521 bits per heavy atom. The summed E-state index contributed by atoms with van der Waals surface area (Å²) in [6.07, 6.45) is 2.19. The monoisotopic (exact) mass is 1150 g/mol. The smallest absolute Gasteiger partial charge is 1.00 e. The summed E-state index contributed by atoms with van der Waals surface area (Å²) < 4.78 is 0. The molecule has 0 unspecified atom stereocenters. The Balaban J connectivity index is -0.0000000987. The minimum absolute atomic E-state index is 0. The molecular formula is C52H92BrK2N8O10-. The van der Waals surface area contributed by atoms with E-state index in [2.05, 4.69) is 92.9 Å². The summed E-state index contributed by atoms with van der Waals surface area (Å²) in [6.45, 7) is 23.3. The second kappa shape index (κ2) is 68.6. The summed E-state index contributed by atoms with van der Waals surface area (Å²) in [5.74, 6) is -1.62. The number of carbonyl (C=O) groups excluding carboxylic acids is 6. The Bertz CT molecular complexity index is 1700. The van der Waals surface area contributed by atoms with E-state index in [-0.39, 0.29) is 153 Å². The van der Waals surface area contributed by atoms with Gasteiger partial charge in [0.25, 0.3) is 0 Å². The van der Waals surface area contributed by atoms with Crippen LogP contribution in [0.15, 0.2) is 72.8 Å². The van der Waals surface area contributed by atoms with Crippen LogP contribution in [0.2, 0.25) is 0 Å². The number of carbonyl (C=O) groups is 6. The van der Waals surface area contributed by atoms with Crippen LogP contribution in [0.5, 0.6) is 0 Å². The second-order valence-electron chi connectivity index (χ2n) is 15.1. The molecule has 0 aliphatic heterocycles. The van der Waals surface area contributed by atoms with E-state index < -0.39 is 11.9 Å². The van der Waals surface area contributed by atoms with Crippen LogP contribution in [0.1, 0.15) is 101 Å². The zero-order chi connectivity index (χ0) is 54.4. The van der Waals surface area contributed by atoms with Gasteiger partial charge in [-0.25, -0.2) is 0 Å². The maximum Gasteiger partial charge on any atom is 1.00 e. The van der Waals surface area contributed by atoms with Gasteiger partial charge in [0.2, 0.25) is 0 Å². The topological polar surface area (TPSA) is 313 Å². The van der Waals surface area contributed by atoms with Crippen molar-refractivity contribution in [2.45, 2.75) is 95.4 Å². The minimum Gasteiger partial charge on any atom is -1.00 e. The van der Waals surface area contributed by atoms with E-state index in [1.54, 1.807) is 32.9 Å². The van der Waals surface area contributed by atoms with Crippen molar-refractivity contribution in [3.63, 3.8) is 0 Å². The molecule has 0 atom stereocenters. The van der Waals surface area contributed by atoms with Gasteiger partial charge >= 0.3 is 103 Å². The number of carboxylic acid groups (broad SMARTS) is 2. The molecule has 3 rings (SSSR count). The van der Waals surface area contributed by atoms with Crippen molar-refractivity contribution in [1.82, 2.24) is 31.9 Å². The molecule has 18 nitrogen and oxygen atoms in total. The zero-order valence-corrected chi connectivity index (χ0v) is 53.2. The number of benzene rings is 3. The Morgan fingerprint density at radius 3 is 1.12 bits per heavy atom. The van der Waals surface area contributed by atoms with Gasteiger partial charge in [0.1, 0.15) is 23.1 Å². The van der Waals surface area contributed by atoms with E-state index in [1.165, 1.54) is 35.7 Å². The Hall–Kier alpha value is -1.37. The SMILES string of the molecule is C.CC(=O)CBr.CC(=O)CNCCN.CC(=O)CNCCNCc1ccc(C)cc1.CCCN.CCCNCC(C)=O.CO.Cc1ccc(CO)cc1.O=C([O-])CNCCNCc1ccc(C(=O)[O-])cc1.[H-].[K+].[K+]. The van der Waals surface area contributed by atoms with Crippen LogP contribution in [0.4, 0.5) is 0 Å². The van der Waals surface area contributed by atoms with Gasteiger partial charge in [-0.1, -0.05) is 121 Å². The number of Topliss-reactive ketones (excluding diaryl/α,β-unsaturated/α-hetero) is 4. The molecule has 0 aromatic heterocycles. The third kappa shape index (κ3) is 77.2. The molecule has 410 valence electrons. The number of nitrogens with two attached hydrogens (primary N) is 2. The van der Waals surface area contributed by atoms with Gasteiger partial charge in [-0.3, -0.25) is 19.2 Å². The van der Waals surface area contributed by atoms with Crippen molar-refractivity contribution >= 4 is 51.0 Å². The van der Waals surface area contributed by atoms with Crippen molar-refractivity contribution in [2.75, 3.05) is 91.0 Å². The maximum absolute atomic E-state index is 10.6. The zero-order valence-electron chi connectivity index (χ0n) is 46.3. The molecule has 0 amide bonds. The largest absolute Gasteiger partial charge is 1.00 e. The van der Waals surface area contributed by atoms with Crippen LogP contribution in [0, 0.1) is 13.8 Å². The number of carboxylic acids is 2. The summed E-state index contributed by atoms with van der Waals surface area (Å²) in [6, 6.07) is 22.7. The number of halogens is 1. The average Bonchev–Trinajstić information content (AvgIpc) is 3.33. The van der Waals surface area contributed by atoms with Crippen LogP contribution < -0.4 is 156 Å². The quantitative estimate of drug-likeness (QED) is 0.0206. The fourth-order valence-corrected chi connectivity index (χ4v) is 4.24. The van der Waals surface area contributed by atoms with Gasteiger partial charge in [-0.15, -0.1) is 0 Å². The van der Waals surface area contributed by atoms with Gasteiger partial charge in [-0.2, -0.15) is 0 Å². The molecular weight excluding hydrogens is 1050 g/mol. The molecule has 0 saturated heterocycles. The molecule has 73 heavy (non-hydrogen) atoms. The number of aryl methyl sites for hydroxylation is 2. The average molecular weight is 1150 g/mol.